The van der Waals surface area contributed by atoms with Gasteiger partial charge in [0.15, 0.2) is 43.5 Å². The molecule has 452 valence electrons. The van der Waals surface area contributed by atoms with Crippen molar-refractivity contribution in [1.29, 1.82) is 0 Å². The summed E-state index contributed by atoms with van der Waals surface area (Å²) >= 11 is 0. The number of carbonyl (C=O) groups excluding carboxylic acids is 4. The van der Waals surface area contributed by atoms with E-state index in [1.807, 2.05) is 0 Å². The highest BCUT2D eigenvalue weighted by Crippen LogP contribution is 2.38. The summed E-state index contributed by atoms with van der Waals surface area (Å²) in [6, 6.07) is 0. The van der Waals surface area contributed by atoms with Gasteiger partial charge >= 0.3 is 23.9 Å². The van der Waals surface area contributed by atoms with Gasteiger partial charge in [-0.05, 0) is 66.7 Å². The lowest BCUT2D eigenvalue weighted by atomic mass is 9.95. The molecule has 7 N–H and O–H groups in total. The van der Waals surface area contributed by atoms with Gasteiger partial charge in [-0.3, -0.25) is 19.2 Å². The van der Waals surface area contributed by atoms with Crippen molar-refractivity contribution in [3.63, 3.8) is 0 Å². The van der Waals surface area contributed by atoms with Gasteiger partial charge in [-0.25, -0.2) is 0 Å². The lowest BCUT2D eigenvalue weighted by Gasteiger charge is -2.50. The number of esters is 4. The number of fused-ring (bicyclic) bond motifs is 4. The highest BCUT2D eigenvalue weighted by Gasteiger charge is 2.58. The fourth-order valence-corrected chi connectivity index (χ4v) is 9.99. The molecule has 0 aliphatic carbocycles. The average Bonchev–Trinajstić information content (AvgIpc) is 3.41. The Morgan fingerprint density at radius 2 is 1.13 bits per heavy atom. The van der Waals surface area contributed by atoms with Crippen molar-refractivity contribution < 1.29 is 112 Å². The van der Waals surface area contributed by atoms with Crippen LogP contribution in [-0.2, 0) is 76.0 Å². The predicted octanol–water partition coefficient (Wildman–Crippen LogP) is 3.14. The molecule has 5 saturated heterocycles. The van der Waals surface area contributed by atoms with E-state index >= 15 is 0 Å². The summed E-state index contributed by atoms with van der Waals surface area (Å²) < 4.78 is 74.6. The summed E-state index contributed by atoms with van der Waals surface area (Å²) in [7, 11) is 0. The highest BCUT2D eigenvalue weighted by atomic mass is 16.8. The number of carbonyl (C=O) groups is 4. The van der Waals surface area contributed by atoms with Crippen molar-refractivity contribution in [3.8, 4) is 0 Å². The van der Waals surface area contributed by atoms with Crippen LogP contribution in [0.1, 0.15) is 166 Å². The third-order valence-corrected chi connectivity index (χ3v) is 16.0. The molecule has 5 aliphatic rings. The van der Waals surface area contributed by atoms with Gasteiger partial charge in [0.2, 0.25) is 0 Å². The quantitative estimate of drug-likeness (QED) is 0.0663. The molecule has 2 bridgehead atoms. The lowest BCUT2D eigenvalue weighted by molar-refractivity contribution is -0.399. The second-order valence-corrected chi connectivity index (χ2v) is 22.2. The minimum absolute atomic E-state index is 0.0925. The molecule has 0 saturated carbocycles. The van der Waals surface area contributed by atoms with E-state index < -0.39 is 177 Å². The van der Waals surface area contributed by atoms with E-state index in [2.05, 4.69) is 6.92 Å². The summed E-state index contributed by atoms with van der Waals surface area (Å²) in [5.74, 6) is -5.27. The summed E-state index contributed by atoms with van der Waals surface area (Å²) in [5.41, 5.74) is 0. The zero-order valence-corrected chi connectivity index (χ0v) is 47.4. The maximum absolute atomic E-state index is 14.1. The first-order valence-corrected chi connectivity index (χ1v) is 28.8. The molecular weight excluding hydrogens is 1030 g/mol. The maximum atomic E-state index is 14.1. The molecule has 5 fully saturated rings. The van der Waals surface area contributed by atoms with Crippen molar-refractivity contribution in [2.45, 2.75) is 301 Å². The first kappa shape index (κ1) is 66.1. The van der Waals surface area contributed by atoms with Gasteiger partial charge in [0.1, 0.15) is 67.6 Å². The molecule has 5 aliphatic heterocycles. The number of hydrogen-bond donors (Lipinski definition) is 7. The number of hydrogen-bond acceptors (Lipinski definition) is 23. The molecule has 0 aromatic heterocycles. The molecule has 0 spiro atoms. The molecule has 25 atom stereocenters. The predicted molar refractivity (Wildman–Crippen MR) is 273 cm³/mol. The van der Waals surface area contributed by atoms with Gasteiger partial charge in [0, 0.05) is 6.42 Å². The normalized spacial score (nSPS) is 40.4. The van der Waals surface area contributed by atoms with Crippen LogP contribution in [-0.4, -0.2) is 201 Å². The number of unbranched alkanes of at least 4 members (excludes halogenated alkanes) is 2. The lowest BCUT2D eigenvalue weighted by Crippen LogP contribution is -2.68. The van der Waals surface area contributed by atoms with Crippen LogP contribution in [0.25, 0.3) is 0 Å². The van der Waals surface area contributed by atoms with E-state index in [4.69, 9.17) is 56.8 Å². The standard InChI is InChI=1S/C55H94O23/c1-11-14-20-23-34-24-21-18-16-15-17-19-22-25-36(57)73-47-44(76-52-42(63)41(62)43(32(9)69-52)74-50(65)28(5)13-3)33(10)70-55(48(47)75-51(66)29(6)30(7)56)78-46-40(61)38(59)35(26-67-49(64)27(4)12-2)72-54(46)77-45-39(60)37(58)31(8)68-53(45)71-34/h27-35,37-48,52-56,58-63H,11-26H2,1-10H3/t27-,28-,29-,30-,31+,32+,33-,34-,35+,37+,38+,39-,40-,41+,42+,43+,44-,45+,46+,47+,48+,52-,53-,54-,55-/m0/s1. The zero-order chi connectivity index (χ0) is 57.5. The number of aliphatic hydroxyl groups excluding tert-OH is 7. The Balaban J connectivity index is 1.60. The van der Waals surface area contributed by atoms with Crippen LogP contribution in [0.4, 0.5) is 0 Å². The van der Waals surface area contributed by atoms with E-state index in [-0.39, 0.29) is 12.5 Å². The van der Waals surface area contributed by atoms with E-state index in [0.29, 0.717) is 38.5 Å². The molecule has 23 heteroatoms. The molecule has 0 amide bonds. The molecule has 78 heavy (non-hydrogen) atoms. The Morgan fingerprint density at radius 1 is 0.564 bits per heavy atom. The summed E-state index contributed by atoms with van der Waals surface area (Å²) in [6.45, 7) is 15.7. The van der Waals surface area contributed by atoms with Crippen molar-refractivity contribution in [2.24, 2.45) is 17.8 Å². The maximum Gasteiger partial charge on any atom is 0.311 e. The zero-order valence-electron chi connectivity index (χ0n) is 47.4. The summed E-state index contributed by atoms with van der Waals surface area (Å²) in [4.78, 5) is 53.9. The Hall–Kier alpha value is -2.72. The minimum Gasteiger partial charge on any atom is -0.463 e. The Kier molecular flexibility index (Phi) is 26.8. The molecule has 0 aromatic carbocycles. The Bertz CT molecular complexity index is 1830. The fraction of sp³-hybridized carbons (Fsp3) is 0.927. The van der Waals surface area contributed by atoms with Crippen LogP contribution < -0.4 is 0 Å². The highest BCUT2D eigenvalue weighted by molar-refractivity contribution is 5.73. The van der Waals surface area contributed by atoms with Crippen LogP contribution in [0, 0.1) is 17.8 Å². The smallest absolute Gasteiger partial charge is 0.311 e. The summed E-state index contributed by atoms with van der Waals surface area (Å²) in [6.07, 6.45) is -23.4. The first-order chi connectivity index (χ1) is 37.0. The SMILES string of the molecule is CCCCC[C@H]1CCCCCCCCCC(=O)O[C@@H]2[C@@H](O[C@@H]3O[C@H](C)[C@@H](OC(=O)[C@@H](C)CC)[C@H](O)[C@H]3O)[C@H](C)O[C@@H](O[C@H]3[C@H](O[C@H]4[C@H](O1)O[C@H](C)[C@@H](O)[C@@H]4O)O[C@H](COC(=O)[C@@H](C)CC)[C@@H](O)[C@@H]3O)[C@@H]2OC(=O)[C@@H](C)[C@H](C)O. The van der Waals surface area contributed by atoms with Gasteiger partial charge in [-0.15, -0.1) is 0 Å². The molecule has 23 nitrogen and oxygen atoms in total. The van der Waals surface area contributed by atoms with Gasteiger partial charge in [-0.1, -0.05) is 92.4 Å². The number of aliphatic hydroxyl groups is 7. The molecular formula is C55H94O23. The van der Waals surface area contributed by atoms with Crippen LogP contribution in [0.5, 0.6) is 0 Å². The largest absolute Gasteiger partial charge is 0.463 e. The third-order valence-electron chi connectivity index (χ3n) is 16.0. The molecule has 5 rings (SSSR count). The van der Waals surface area contributed by atoms with Gasteiger partial charge < -0.3 is 92.6 Å². The second-order valence-electron chi connectivity index (χ2n) is 22.2. The first-order valence-electron chi connectivity index (χ1n) is 28.8. The monoisotopic (exact) mass is 1120 g/mol. The fourth-order valence-electron chi connectivity index (χ4n) is 9.99. The van der Waals surface area contributed by atoms with Crippen molar-refractivity contribution in [2.75, 3.05) is 6.61 Å². The van der Waals surface area contributed by atoms with E-state index in [9.17, 15) is 54.9 Å². The van der Waals surface area contributed by atoms with Crippen LogP contribution in [0.15, 0.2) is 0 Å². The topological polar surface area (TPSA) is 321 Å². The van der Waals surface area contributed by atoms with Crippen molar-refractivity contribution in [3.05, 3.63) is 0 Å². The van der Waals surface area contributed by atoms with E-state index in [1.165, 1.54) is 27.7 Å². The molecule has 0 aromatic rings. The summed E-state index contributed by atoms with van der Waals surface area (Å²) in [5, 5.41) is 80.5. The Morgan fingerprint density at radius 3 is 1.77 bits per heavy atom. The third kappa shape index (κ3) is 17.6. The van der Waals surface area contributed by atoms with Gasteiger partial charge in [0.05, 0.1) is 48.3 Å². The van der Waals surface area contributed by atoms with Crippen molar-refractivity contribution >= 4 is 23.9 Å². The van der Waals surface area contributed by atoms with Gasteiger partial charge in [0.25, 0.3) is 0 Å². The van der Waals surface area contributed by atoms with E-state index in [0.717, 1.165) is 51.4 Å². The molecule has 0 unspecified atom stereocenters. The van der Waals surface area contributed by atoms with Gasteiger partial charge in [-0.2, -0.15) is 0 Å². The van der Waals surface area contributed by atoms with Crippen LogP contribution in [0.3, 0.4) is 0 Å². The average molecular weight is 1120 g/mol. The number of rotatable bonds is 16. The second kappa shape index (κ2) is 31.6. The van der Waals surface area contributed by atoms with Crippen LogP contribution >= 0.6 is 0 Å². The minimum atomic E-state index is -2.01. The molecule has 0 radical (unpaired) electrons. The molecule has 5 heterocycles. The Labute approximate surface area is 459 Å². The van der Waals surface area contributed by atoms with Crippen molar-refractivity contribution in [1.82, 2.24) is 0 Å². The van der Waals surface area contributed by atoms with Crippen LogP contribution in [0.2, 0.25) is 0 Å². The van der Waals surface area contributed by atoms with E-state index in [1.54, 1.807) is 34.6 Å². The number of ether oxygens (including phenoxy) is 12.